The van der Waals surface area contributed by atoms with Gasteiger partial charge in [-0.15, -0.1) is 0 Å². The molecule has 9 heteroatoms. The maximum absolute atomic E-state index is 12.0. The van der Waals surface area contributed by atoms with Crippen molar-refractivity contribution in [2.24, 2.45) is 12.0 Å². The van der Waals surface area contributed by atoms with Crippen LogP contribution in [-0.2, 0) is 17.1 Å². The molecule has 0 radical (unpaired) electrons. The smallest absolute Gasteiger partial charge is 0.267 e. The summed E-state index contributed by atoms with van der Waals surface area (Å²) in [5.74, 6) is 0.0684. The van der Waals surface area contributed by atoms with E-state index >= 15 is 0 Å². The number of aromatic nitrogens is 2. The maximum atomic E-state index is 12.0. The van der Waals surface area contributed by atoms with Gasteiger partial charge in [-0.1, -0.05) is 18.2 Å². The molecule has 0 aliphatic heterocycles. The van der Waals surface area contributed by atoms with Gasteiger partial charge in [0, 0.05) is 27.3 Å². The third kappa shape index (κ3) is 3.74. The fourth-order valence-electron chi connectivity index (χ4n) is 1.05. The molecular weight excluding hydrogens is 278 g/mol. The van der Waals surface area contributed by atoms with Crippen LogP contribution < -0.4 is 4.72 Å². The van der Waals surface area contributed by atoms with E-state index in [1.54, 1.807) is 21.1 Å². The summed E-state index contributed by atoms with van der Waals surface area (Å²) in [5, 5.41) is 3.78. The predicted octanol–water partition coefficient (Wildman–Crippen LogP) is 0.326. The first-order chi connectivity index (χ1) is 8.22. The lowest BCUT2D eigenvalue weighted by Crippen LogP contribution is -2.40. The zero-order chi connectivity index (χ0) is 13.9. The maximum Gasteiger partial charge on any atom is 0.267 e. The summed E-state index contributed by atoms with van der Waals surface area (Å²) in [4.78, 5) is 5.31. The second-order valence-corrected chi connectivity index (χ2v) is 5.78. The van der Waals surface area contributed by atoms with Crippen molar-refractivity contribution in [2.75, 3.05) is 14.1 Å². The molecule has 18 heavy (non-hydrogen) atoms. The Labute approximate surface area is 111 Å². The lowest BCUT2D eigenvalue weighted by atomic mass is 10.7. The average Bonchev–Trinajstić information content (AvgIpc) is 2.63. The van der Waals surface area contributed by atoms with E-state index < -0.39 is 10.0 Å². The topological polar surface area (TPSA) is 79.6 Å². The average molecular weight is 292 g/mol. The number of nitrogens with one attached hydrogen (secondary N) is 1. The zero-order valence-electron chi connectivity index (χ0n) is 10.3. The van der Waals surface area contributed by atoms with Gasteiger partial charge in [-0.2, -0.15) is 5.10 Å². The van der Waals surface area contributed by atoms with Crippen molar-refractivity contribution in [1.29, 1.82) is 0 Å². The van der Waals surface area contributed by atoms with Crippen LogP contribution in [0.15, 0.2) is 34.0 Å². The Morgan fingerprint density at radius 3 is 2.61 bits per heavy atom. The molecule has 1 aromatic heterocycles. The standard InChI is InChI=1S/C9H14ClN5O2S/c1-7(10)12-9(14(2)3)13-18(16,17)8-5-11-15(4)6-8/h5-6H,1H2,2-4H3,(H,12,13). The Morgan fingerprint density at radius 1 is 1.61 bits per heavy atom. The van der Waals surface area contributed by atoms with Gasteiger partial charge in [0.05, 0.1) is 6.20 Å². The highest BCUT2D eigenvalue weighted by Gasteiger charge is 2.19. The first-order valence-electron chi connectivity index (χ1n) is 4.84. The molecule has 1 N–H and O–H groups in total. The molecule has 0 unspecified atom stereocenters. The van der Waals surface area contributed by atoms with Crippen LogP contribution >= 0.6 is 11.6 Å². The number of aryl methyl sites for hydroxylation is 1. The molecule has 0 fully saturated rings. The highest BCUT2D eigenvalue weighted by molar-refractivity contribution is 7.90. The van der Waals surface area contributed by atoms with Crippen LogP contribution in [0.5, 0.6) is 0 Å². The van der Waals surface area contributed by atoms with Crippen LogP contribution in [0.3, 0.4) is 0 Å². The van der Waals surface area contributed by atoms with Crippen LogP contribution in [0.1, 0.15) is 0 Å². The van der Waals surface area contributed by atoms with E-state index in [9.17, 15) is 8.42 Å². The number of hydrogen-bond acceptors (Lipinski definition) is 4. The Balaban J connectivity index is 3.04. The molecule has 0 amide bonds. The minimum Gasteiger partial charge on any atom is -0.348 e. The van der Waals surface area contributed by atoms with Crippen LogP contribution in [0, 0.1) is 0 Å². The molecule has 1 heterocycles. The number of hydrogen-bond donors (Lipinski definition) is 1. The third-order valence-corrected chi connectivity index (χ3v) is 3.24. The molecule has 0 saturated carbocycles. The molecule has 1 rings (SSSR count). The van der Waals surface area contributed by atoms with Gasteiger partial charge in [0.15, 0.2) is 0 Å². The van der Waals surface area contributed by atoms with Gasteiger partial charge in [-0.25, -0.2) is 18.1 Å². The summed E-state index contributed by atoms with van der Waals surface area (Å²) in [5.41, 5.74) is 0. The number of nitrogens with zero attached hydrogens (tertiary/aromatic N) is 4. The van der Waals surface area contributed by atoms with Gasteiger partial charge >= 0.3 is 0 Å². The van der Waals surface area contributed by atoms with Crippen molar-refractivity contribution in [3.63, 3.8) is 0 Å². The monoisotopic (exact) mass is 291 g/mol. The fraction of sp³-hybridized carbons (Fsp3) is 0.333. The molecule has 0 bridgehead atoms. The molecule has 7 nitrogen and oxygen atoms in total. The molecular formula is C9H14ClN5O2S. The molecule has 0 spiro atoms. The van der Waals surface area contributed by atoms with Crippen LogP contribution in [0.2, 0.25) is 0 Å². The van der Waals surface area contributed by atoms with E-state index in [0.29, 0.717) is 0 Å². The lowest BCUT2D eigenvalue weighted by molar-refractivity contribution is 0.574. The summed E-state index contributed by atoms with van der Waals surface area (Å²) in [6.45, 7) is 3.38. The summed E-state index contributed by atoms with van der Waals surface area (Å²) in [7, 11) is 1.15. The van der Waals surface area contributed by atoms with E-state index in [4.69, 9.17) is 11.6 Å². The SMILES string of the molecule is C=C(Cl)/N=C(/NS(=O)(=O)c1cnn(C)c1)N(C)C. The minimum atomic E-state index is -3.73. The van der Waals surface area contributed by atoms with Crippen LogP contribution in [0.4, 0.5) is 0 Å². The zero-order valence-corrected chi connectivity index (χ0v) is 11.8. The van der Waals surface area contributed by atoms with E-state index in [1.165, 1.54) is 22.0 Å². The van der Waals surface area contributed by atoms with Gasteiger partial charge < -0.3 is 4.90 Å². The van der Waals surface area contributed by atoms with E-state index in [2.05, 4.69) is 21.4 Å². The van der Waals surface area contributed by atoms with E-state index in [0.717, 1.165) is 0 Å². The van der Waals surface area contributed by atoms with Gasteiger partial charge in [0.25, 0.3) is 10.0 Å². The van der Waals surface area contributed by atoms with Crippen molar-refractivity contribution in [1.82, 2.24) is 19.4 Å². The number of guanidine groups is 1. The van der Waals surface area contributed by atoms with Crippen molar-refractivity contribution in [3.8, 4) is 0 Å². The van der Waals surface area contributed by atoms with E-state index in [-0.39, 0.29) is 16.0 Å². The summed E-state index contributed by atoms with van der Waals surface area (Å²) in [6, 6.07) is 0. The van der Waals surface area contributed by atoms with Gasteiger partial charge in [-0.3, -0.25) is 4.68 Å². The number of halogens is 1. The first-order valence-corrected chi connectivity index (χ1v) is 6.70. The van der Waals surface area contributed by atoms with Crippen molar-refractivity contribution in [3.05, 3.63) is 24.1 Å². The second kappa shape index (κ2) is 5.40. The van der Waals surface area contributed by atoms with Gasteiger partial charge in [-0.05, 0) is 0 Å². The molecule has 0 saturated heterocycles. The Hall–Kier alpha value is -1.54. The first kappa shape index (κ1) is 14.5. The molecule has 0 aliphatic rings. The highest BCUT2D eigenvalue weighted by atomic mass is 35.5. The summed E-state index contributed by atoms with van der Waals surface area (Å²) >= 11 is 5.54. The molecule has 0 aliphatic carbocycles. The Kier molecular flexibility index (Phi) is 4.36. The minimum absolute atomic E-state index is 0.0208. The number of rotatable bonds is 3. The normalized spacial score (nSPS) is 12.3. The van der Waals surface area contributed by atoms with Gasteiger partial charge in [0.2, 0.25) is 5.96 Å². The fourth-order valence-corrected chi connectivity index (χ4v) is 2.19. The lowest BCUT2D eigenvalue weighted by Gasteiger charge is -2.16. The quantitative estimate of drug-likeness (QED) is 0.494. The Bertz CT molecular complexity index is 576. The molecule has 100 valence electrons. The van der Waals surface area contributed by atoms with Crippen LogP contribution in [0.25, 0.3) is 0 Å². The number of aliphatic imine (C=N–C) groups is 1. The van der Waals surface area contributed by atoms with Crippen LogP contribution in [-0.4, -0.2) is 43.2 Å². The van der Waals surface area contributed by atoms with Gasteiger partial charge in [0.1, 0.15) is 10.1 Å². The predicted molar refractivity (Wildman–Crippen MR) is 69.6 cm³/mol. The molecule has 1 aromatic rings. The van der Waals surface area contributed by atoms with Crippen molar-refractivity contribution in [2.45, 2.75) is 4.90 Å². The van der Waals surface area contributed by atoms with Crippen molar-refractivity contribution >= 4 is 27.6 Å². The highest BCUT2D eigenvalue weighted by Crippen LogP contribution is 2.07. The Morgan fingerprint density at radius 2 is 2.22 bits per heavy atom. The molecule has 0 aromatic carbocycles. The largest absolute Gasteiger partial charge is 0.348 e. The molecule has 0 atom stereocenters. The third-order valence-electron chi connectivity index (χ3n) is 1.87. The van der Waals surface area contributed by atoms with E-state index in [1.807, 2.05) is 0 Å². The summed E-state index contributed by atoms with van der Waals surface area (Å²) < 4.78 is 27.7. The van der Waals surface area contributed by atoms with Crippen molar-refractivity contribution < 1.29 is 8.42 Å². The second-order valence-electron chi connectivity index (χ2n) is 3.66. The summed E-state index contributed by atoms with van der Waals surface area (Å²) in [6.07, 6.45) is 2.62. The number of sulfonamides is 1.